The minimum atomic E-state index is 0. The first kappa shape index (κ1) is 21.4. The average Bonchev–Trinajstić information content (AvgIpc) is 3.13. The van der Waals surface area contributed by atoms with Gasteiger partial charge < -0.3 is 20.9 Å². The van der Waals surface area contributed by atoms with Crippen molar-refractivity contribution in [2.24, 2.45) is 5.92 Å². The fourth-order valence-electron chi connectivity index (χ4n) is 4.03. The molecule has 162 valence electrons. The Bertz CT molecular complexity index is 1120. The molecule has 5 rings (SSSR count). The Morgan fingerprint density at radius 1 is 1.10 bits per heavy atom. The van der Waals surface area contributed by atoms with Gasteiger partial charge in [-0.2, -0.15) is 4.98 Å². The number of nitrogens with one attached hydrogen (secondary N) is 1. The molecule has 0 radical (unpaired) electrons. The normalized spacial score (nSPS) is 21.0. The van der Waals surface area contributed by atoms with Crippen LogP contribution in [-0.4, -0.2) is 44.8 Å². The zero-order valence-corrected chi connectivity index (χ0v) is 17.9. The quantitative estimate of drug-likeness (QED) is 0.543. The van der Waals surface area contributed by atoms with Gasteiger partial charge in [0.15, 0.2) is 0 Å². The Kier molecular flexibility index (Phi) is 6.33. The molecule has 4 N–H and O–H groups in total. The van der Waals surface area contributed by atoms with Crippen molar-refractivity contribution in [1.29, 1.82) is 0 Å². The maximum atomic E-state index is 10.1. The summed E-state index contributed by atoms with van der Waals surface area (Å²) in [5.74, 6) is 7.88. The Labute approximate surface area is 187 Å². The number of para-hydroxylation sites is 1. The van der Waals surface area contributed by atoms with Crippen LogP contribution in [0.2, 0.25) is 0 Å². The van der Waals surface area contributed by atoms with Gasteiger partial charge in [-0.1, -0.05) is 24.0 Å². The van der Waals surface area contributed by atoms with Crippen LogP contribution in [0, 0.1) is 17.8 Å². The van der Waals surface area contributed by atoms with E-state index in [1.165, 1.54) is 0 Å². The minimum absolute atomic E-state index is 0. The molecule has 1 saturated heterocycles. The van der Waals surface area contributed by atoms with Crippen LogP contribution in [0.3, 0.4) is 0 Å². The van der Waals surface area contributed by atoms with Crippen LogP contribution in [0.5, 0.6) is 5.75 Å². The Balaban J connectivity index is 0.00000231. The van der Waals surface area contributed by atoms with E-state index in [0.29, 0.717) is 46.5 Å². The molecule has 1 aliphatic carbocycles. The molecule has 1 aliphatic heterocycles. The van der Waals surface area contributed by atoms with Crippen molar-refractivity contribution in [3.05, 3.63) is 42.2 Å². The number of aromatic nitrogens is 3. The minimum Gasteiger partial charge on any atom is -0.507 e. The van der Waals surface area contributed by atoms with E-state index in [9.17, 15) is 5.11 Å². The Morgan fingerprint density at radius 3 is 2.65 bits per heavy atom. The fraction of sp³-hybridized carbons (Fsp3) is 0.391. The summed E-state index contributed by atoms with van der Waals surface area (Å²) in [5.41, 5.74) is 8.10. The largest absolute Gasteiger partial charge is 0.507 e. The van der Waals surface area contributed by atoms with Crippen LogP contribution < -0.4 is 11.1 Å². The summed E-state index contributed by atoms with van der Waals surface area (Å²) >= 11 is 0. The standard InChI is InChI=1S/C23H25N5O2.ClH/c24-22-16(6-5-15-11-18(12-15)30-17-7-9-25-10-8-17)13-28-14-20(26-23(28)27-22)19-3-1-2-4-21(19)29;/h1-4,13-15,17-18,25,29H,7-12H2,(H2,24,26,27);1H. The van der Waals surface area contributed by atoms with Gasteiger partial charge in [-0.15, -0.1) is 12.4 Å². The molecule has 3 aromatic rings. The smallest absolute Gasteiger partial charge is 0.236 e. The molecule has 2 aromatic heterocycles. The average molecular weight is 440 g/mol. The lowest BCUT2D eigenvalue weighted by atomic mass is 9.82. The van der Waals surface area contributed by atoms with E-state index in [2.05, 4.69) is 27.1 Å². The highest BCUT2D eigenvalue weighted by atomic mass is 35.5. The van der Waals surface area contributed by atoms with Gasteiger partial charge in [-0.25, -0.2) is 4.98 Å². The summed E-state index contributed by atoms with van der Waals surface area (Å²) in [6.07, 6.45) is 8.57. The highest BCUT2D eigenvalue weighted by Gasteiger charge is 2.31. The molecule has 0 amide bonds. The molecular weight excluding hydrogens is 414 g/mol. The lowest BCUT2D eigenvalue weighted by molar-refractivity contribution is -0.0743. The van der Waals surface area contributed by atoms with Crippen molar-refractivity contribution in [3.8, 4) is 28.8 Å². The molecule has 1 aromatic carbocycles. The first-order valence-electron chi connectivity index (χ1n) is 10.5. The second-order valence-electron chi connectivity index (χ2n) is 8.04. The van der Waals surface area contributed by atoms with E-state index >= 15 is 0 Å². The van der Waals surface area contributed by atoms with E-state index in [1.807, 2.05) is 24.5 Å². The lowest BCUT2D eigenvalue weighted by Gasteiger charge is -2.36. The first-order chi connectivity index (χ1) is 14.7. The van der Waals surface area contributed by atoms with E-state index < -0.39 is 0 Å². The highest BCUT2D eigenvalue weighted by molar-refractivity contribution is 5.85. The number of rotatable bonds is 3. The van der Waals surface area contributed by atoms with Gasteiger partial charge in [-0.3, -0.25) is 4.40 Å². The predicted molar refractivity (Wildman–Crippen MR) is 122 cm³/mol. The number of benzene rings is 1. The zero-order valence-electron chi connectivity index (χ0n) is 17.1. The van der Waals surface area contributed by atoms with Crippen molar-refractivity contribution in [2.75, 3.05) is 18.8 Å². The van der Waals surface area contributed by atoms with Crippen molar-refractivity contribution < 1.29 is 9.84 Å². The number of nitrogens with two attached hydrogens (primary N) is 1. The van der Waals surface area contributed by atoms with Gasteiger partial charge in [0.2, 0.25) is 5.78 Å². The van der Waals surface area contributed by atoms with Gasteiger partial charge in [0, 0.05) is 23.9 Å². The molecule has 2 fully saturated rings. The third kappa shape index (κ3) is 4.62. The highest BCUT2D eigenvalue weighted by Crippen LogP contribution is 2.32. The van der Waals surface area contributed by atoms with Crippen LogP contribution in [0.1, 0.15) is 31.2 Å². The monoisotopic (exact) mass is 439 g/mol. The summed E-state index contributed by atoms with van der Waals surface area (Å²) in [6.45, 7) is 2.10. The summed E-state index contributed by atoms with van der Waals surface area (Å²) < 4.78 is 7.97. The maximum absolute atomic E-state index is 10.1. The number of aromatic hydroxyl groups is 1. The molecule has 8 heteroatoms. The number of anilines is 1. The van der Waals surface area contributed by atoms with Gasteiger partial charge >= 0.3 is 0 Å². The summed E-state index contributed by atoms with van der Waals surface area (Å²) in [4.78, 5) is 8.86. The van der Waals surface area contributed by atoms with E-state index in [4.69, 9.17) is 10.5 Å². The van der Waals surface area contributed by atoms with E-state index in [1.54, 1.807) is 16.5 Å². The number of fused-ring (bicyclic) bond motifs is 1. The van der Waals surface area contributed by atoms with Gasteiger partial charge in [0.25, 0.3) is 0 Å². The van der Waals surface area contributed by atoms with Crippen LogP contribution in [-0.2, 0) is 4.74 Å². The summed E-state index contributed by atoms with van der Waals surface area (Å²) in [5, 5.41) is 13.4. The zero-order chi connectivity index (χ0) is 20.5. The number of ether oxygens (including phenoxy) is 1. The maximum Gasteiger partial charge on any atom is 0.236 e. The molecule has 7 nitrogen and oxygen atoms in total. The third-order valence-electron chi connectivity index (χ3n) is 5.83. The number of nitrogen functional groups attached to an aromatic ring is 1. The second-order valence-corrected chi connectivity index (χ2v) is 8.04. The predicted octanol–water partition coefficient (Wildman–Crippen LogP) is 3.00. The number of phenolic OH excluding ortho intramolecular Hbond substituents is 1. The van der Waals surface area contributed by atoms with Gasteiger partial charge in [0.1, 0.15) is 11.6 Å². The number of halogens is 1. The first-order valence-corrected chi connectivity index (χ1v) is 10.5. The number of hydrogen-bond donors (Lipinski definition) is 3. The van der Waals surface area contributed by atoms with Crippen molar-refractivity contribution in [1.82, 2.24) is 19.7 Å². The number of imidazole rings is 1. The Morgan fingerprint density at radius 2 is 1.87 bits per heavy atom. The molecular formula is C23H26ClN5O2. The molecule has 31 heavy (non-hydrogen) atoms. The van der Waals surface area contributed by atoms with Gasteiger partial charge in [0.05, 0.1) is 23.5 Å². The molecule has 0 bridgehead atoms. The molecule has 0 unspecified atom stereocenters. The number of nitrogens with zero attached hydrogens (tertiary/aromatic N) is 3. The second kappa shape index (κ2) is 9.15. The van der Waals surface area contributed by atoms with E-state index in [-0.39, 0.29) is 18.2 Å². The van der Waals surface area contributed by atoms with Crippen LogP contribution in [0.25, 0.3) is 17.0 Å². The SMILES string of the molecule is Cl.Nc1nc2nc(-c3ccccc3O)cn2cc1C#CC1CC(OC2CCNCC2)C1. The number of piperidine rings is 1. The Hall–Kier alpha value is -2.79. The molecule has 3 heterocycles. The van der Waals surface area contributed by atoms with Crippen LogP contribution in [0.15, 0.2) is 36.7 Å². The topological polar surface area (TPSA) is 97.7 Å². The summed E-state index contributed by atoms with van der Waals surface area (Å²) in [7, 11) is 0. The third-order valence-corrected chi connectivity index (χ3v) is 5.83. The fourth-order valence-corrected chi connectivity index (χ4v) is 4.03. The van der Waals surface area contributed by atoms with Crippen molar-refractivity contribution in [3.63, 3.8) is 0 Å². The van der Waals surface area contributed by atoms with Crippen molar-refractivity contribution in [2.45, 2.75) is 37.9 Å². The molecule has 0 spiro atoms. The van der Waals surface area contributed by atoms with Gasteiger partial charge in [-0.05, 0) is 50.9 Å². The summed E-state index contributed by atoms with van der Waals surface area (Å²) in [6, 6.07) is 7.10. The van der Waals surface area contributed by atoms with E-state index in [0.717, 1.165) is 38.8 Å². The lowest BCUT2D eigenvalue weighted by Crippen LogP contribution is -2.39. The molecule has 0 atom stereocenters. The van der Waals surface area contributed by atoms with Crippen LogP contribution >= 0.6 is 12.4 Å². The molecule has 1 saturated carbocycles. The van der Waals surface area contributed by atoms with Crippen molar-refractivity contribution >= 4 is 24.0 Å². The molecule has 2 aliphatic rings. The number of hydrogen-bond acceptors (Lipinski definition) is 6. The number of phenols is 1. The van der Waals surface area contributed by atoms with Crippen LogP contribution in [0.4, 0.5) is 5.82 Å².